The first kappa shape index (κ1) is 15.0. The van der Waals surface area contributed by atoms with Gasteiger partial charge in [-0.2, -0.15) is 13.2 Å². The van der Waals surface area contributed by atoms with Gasteiger partial charge in [-0.05, 0) is 49.3 Å². The van der Waals surface area contributed by atoms with Gasteiger partial charge in [-0.3, -0.25) is 0 Å². The summed E-state index contributed by atoms with van der Waals surface area (Å²) in [5, 5.41) is 3.28. The Hall–Kier alpha value is -0.900. The first-order chi connectivity index (χ1) is 9.91. The molecule has 2 aliphatic carbocycles. The number of halogens is 4. The van der Waals surface area contributed by atoms with Gasteiger partial charge in [-0.1, -0.05) is 30.9 Å². The first-order valence-corrected chi connectivity index (χ1v) is 7.92. The van der Waals surface area contributed by atoms with Crippen LogP contribution in [-0.4, -0.2) is 6.04 Å². The standard InChI is InChI=1S/C16H19ClF3N/c17-11-4-5-13(12(10-11)16(18,19)20)21-14-6-9-15(14)7-2-1-3-8-15/h4-5,10,14,21H,1-3,6-9H2. The molecule has 0 bridgehead atoms. The number of anilines is 1. The van der Waals surface area contributed by atoms with Gasteiger partial charge < -0.3 is 5.32 Å². The number of rotatable bonds is 2. The second-order valence-electron chi connectivity index (χ2n) is 6.35. The highest BCUT2D eigenvalue weighted by atomic mass is 35.5. The van der Waals surface area contributed by atoms with E-state index in [4.69, 9.17) is 11.6 Å². The van der Waals surface area contributed by atoms with Crippen molar-refractivity contribution in [3.63, 3.8) is 0 Å². The van der Waals surface area contributed by atoms with Gasteiger partial charge in [-0.25, -0.2) is 0 Å². The molecule has 1 nitrogen and oxygen atoms in total. The van der Waals surface area contributed by atoms with Crippen molar-refractivity contribution in [1.29, 1.82) is 0 Å². The Bertz CT molecular complexity index is 521. The van der Waals surface area contributed by atoms with E-state index in [0.717, 1.165) is 31.7 Å². The zero-order valence-corrected chi connectivity index (χ0v) is 12.5. The Morgan fingerprint density at radius 1 is 1.10 bits per heavy atom. The zero-order valence-electron chi connectivity index (χ0n) is 11.8. The van der Waals surface area contributed by atoms with Gasteiger partial charge in [0.15, 0.2) is 0 Å². The number of benzene rings is 1. The van der Waals surface area contributed by atoms with E-state index in [1.54, 1.807) is 0 Å². The van der Waals surface area contributed by atoms with E-state index in [0.29, 0.717) is 0 Å². The van der Waals surface area contributed by atoms with Crippen LogP contribution in [0.15, 0.2) is 18.2 Å². The normalized spacial score (nSPS) is 24.7. The molecule has 5 heteroatoms. The lowest BCUT2D eigenvalue weighted by Crippen LogP contribution is -2.50. The minimum atomic E-state index is -4.38. The predicted molar refractivity (Wildman–Crippen MR) is 78.6 cm³/mol. The van der Waals surface area contributed by atoms with Gasteiger partial charge in [0.2, 0.25) is 0 Å². The van der Waals surface area contributed by atoms with Crippen molar-refractivity contribution in [2.75, 3.05) is 5.32 Å². The Kier molecular flexibility index (Phi) is 3.85. The molecule has 2 fully saturated rings. The summed E-state index contributed by atoms with van der Waals surface area (Å²) in [4.78, 5) is 0. The summed E-state index contributed by atoms with van der Waals surface area (Å²) in [6.45, 7) is 0. The molecule has 3 rings (SSSR count). The van der Waals surface area contributed by atoms with Gasteiger partial charge in [0, 0.05) is 16.8 Å². The minimum absolute atomic E-state index is 0.119. The van der Waals surface area contributed by atoms with Crippen LogP contribution in [0.4, 0.5) is 18.9 Å². The number of hydrogen-bond donors (Lipinski definition) is 1. The number of hydrogen-bond acceptors (Lipinski definition) is 1. The topological polar surface area (TPSA) is 12.0 Å². The molecule has 0 saturated heterocycles. The van der Waals surface area contributed by atoms with Crippen LogP contribution in [0.25, 0.3) is 0 Å². The Morgan fingerprint density at radius 3 is 2.38 bits per heavy atom. The summed E-state index contributed by atoms with van der Waals surface area (Å²) in [7, 11) is 0. The molecule has 0 aliphatic heterocycles. The average Bonchev–Trinajstić information content (AvgIpc) is 2.44. The Balaban J connectivity index is 1.82. The van der Waals surface area contributed by atoms with Gasteiger partial charge >= 0.3 is 6.18 Å². The third-order valence-corrected chi connectivity index (χ3v) is 5.37. The third kappa shape index (κ3) is 2.87. The van der Waals surface area contributed by atoms with E-state index >= 15 is 0 Å². The SMILES string of the molecule is FC(F)(F)c1cc(Cl)ccc1NC1CCC12CCCCC2. The lowest BCUT2D eigenvalue weighted by Gasteiger charge is -2.53. The highest BCUT2D eigenvalue weighted by Gasteiger charge is 2.47. The predicted octanol–water partition coefficient (Wildman–Crippen LogP) is 5.88. The molecule has 1 N–H and O–H groups in total. The van der Waals surface area contributed by atoms with Crippen LogP contribution in [0.1, 0.15) is 50.5 Å². The molecule has 21 heavy (non-hydrogen) atoms. The molecular weight excluding hydrogens is 299 g/mol. The van der Waals surface area contributed by atoms with E-state index < -0.39 is 11.7 Å². The molecule has 0 heterocycles. The van der Waals surface area contributed by atoms with E-state index in [1.807, 2.05) is 0 Å². The van der Waals surface area contributed by atoms with Crippen molar-refractivity contribution < 1.29 is 13.2 Å². The van der Waals surface area contributed by atoms with Crippen molar-refractivity contribution in [2.24, 2.45) is 5.41 Å². The van der Waals surface area contributed by atoms with Gasteiger partial charge in [-0.15, -0.1) is 0 Å². The molecule has 1 unspecified atom stereocenters. The fourth-order valence-electron chi connectivity index (χ4n) is 3.84. The molecule has 0 amide bonds. The van der Waals surface area contributed by atoms with Crippen LogP contribution in [0, 0.1) is 5.41 Å². The van der Waals surface area contributed by atoms with Crippen molar-refractivity contribution in [1.82, 2.24) is 0 Å². The lowest BCUT2D eigenvalue weighted by molar-refractivity contribution is -0.137. The van der Waals surface area contributed by atoms with E-state index in [1.165, 1.54) is 31.4 Å². The first-order valence-electron chi connectivity index (χ1n) is 7.54. The van der Waals surface area contributed by atoms with Crippen LogP contribution >= 0.6 is 11.6 Å². The summed E-state index contributed by atoms with van der Waals surface area (Å²) in [6, 6.07) is 4.15. The van der Waals surface area contributed by atoms with Gasteiger partial charge in [0.05, 0.1) is 5.56 Å². The number of alkyl halides is 3. The molecule has 2 aliphatic rings. The lowest BCUT2D eigenvalue weighted by atomic mass is 9.57. The maximum atomic E-state index is 13.1. The van der Waals surface area contributed by atoms with Crippen LogP contribution in [-0.2, 0) is 6.18 Å². The van der Waals surface area contributed by atoms with Crippen molar-refractivity contribution in [3.8, 4) is 0 Å². The maximum absolute atomic E-state index is 13.1. The van der Waals surface area contributed by atoms with E-state index in [2.05, 4.69) is 5.32 Å². The molecule has 1 aromatic carbocycles. The Morgan fingerprint density at radius 2 is 1.81 bits per heavy atom. The number of nitrogens with one attached hydrogen (secondary N) is 1. The third-order valence-electron chi connectivity index (χ3n) is 5.14. The molecule has 2 saturated carbocycles. The fraction of sp³-hybridized carbons (Fsp3) is 0.625. The van der Waals surface area contributed by atoms with Crippen LogP contribution < -0.4 is 5.32 Å². The summed E-state index contributed by atoms with van der Waals surface area (Å²) >= 11 is 5.72. The molecule has 1 spiro atoms. The summed E-state index contributed by atoms with van der Waals surface area (Å²) in [5.74, 6) is 0. The second kappa shape index (κ2) is 5.38. The summed E-state index contributed by atoms with van der Waals surface area (Å²) in [6.07, 6.45) is 3.65. The molecule has 1 atom stereocenters. The van der Waals surface area contributed by atoms with Gasteiger partial charge in [0.25, 0.3) is 0 Å². The summed E-state index contributed by atoms with van der Waals surface area (Å²) in [5.41, 5.74) is -0.268. The zero-order chi connectivity index (χ0) is 15.1. The minimum Gasteiger partial charge on any atom is -0.381 e. The van der Waals surface area contributed by atoms with Crippen molar-refractivity contribution in [2.45, 2.75) is 57.2 Å². The van der Waals surface area contributed by atoms with Crippen LogP contribution in [0.2, 0.25) is 5.02 Å². The monoisotopic (exact) mass is 317 g/mol. The van der Waals surface area contributed by atoms with E-state index in [-0.39, 0.29) is 22.2 Å². The molecule has 0 aromatic heterocycles. The fourth-order valence-corrected chi connectivity index (χ4v) is 4.01. The highest BCUT2D eigenvalue weighted by Crippen LogP contribution is 2.53. The highest BCUT2D eigenvalue weighted by molar-refractivity contribution is 6.30. The summed E-state index contributed by atoms with van der Waals surface area (Å²) < 4.78 is 39.4. The average molecular weight is 318 g/mol. The molecule has 116 valence electrons. The molecule has 1 aromatic rings. The van der Waals surface area contributed by atoms with E-state index in [9.17, 15) is 13.2 Å². The Labute approximate surface area is 127 Å². The van der Waals surface area contributed by atoms with Gasteiger partial charge in [0.1, 0.15) is 0 Å². The van der Waals surface area contributed by atoms with Crippen molar-refractivity contribution in [3.05, 3.63) is 28.8 Å². The molecule has 0 radical (unpaired) electrons. The van der Waals surface area contributed by atoms with Crippen LogP contribution in [0.3, 0.4) is 0 Å². The van der Waals surface area contributed by atoms with Crippen LogP contribution in [0.5, 0.6) is 0 Å². The smallest absolute Gasteiger partial charge is 0.381 e. The largest absolute Gasteiger partial charge is 0.418 e. The quantitative estimate of drug-likeness (QED) is 0.717. The second-order valence-corrected chi connectivity index (χ2v) is 6.78. The van der Waals surface area contributed by atoms with Crippen molar-refractivity contribution >= 4 is 17.3 Å². The molecular formula is C16H19ClF3N. The maximum Gasteiger partial charge on any atom is 0.418 e.